The summed E-state index contributed by atoms with van der Waals surface area (Å²) in [5.41, 5.74) is 3.64. The summed E-state index contributed by atoms with van der Waals surface area (Å²) < 4.78 is 10.9. The fourth-order valence-electron chi connectivity index (χ4n) is 1.46. The summed E-state index contributed by atoms with van der Waals surface area (Å²) in [5.74, 6) is 1.43. The van der Waals surface area contributed by atoms with Gasteiger partial charge < -0.3 is 14.8 Å². The number of rotatable bonds is 7. The van der Waals surface area contributed by atoms with Gasteiger partial charge in [-0.15, -0.1) is 0 Å². The van der Waals surface area contributed by atoms with E-state index in [0.717, 1.165) is 24.3 Å². The first-order valence-corrected chi connectivity index (χ1v) is 6.99. The van der Waals surface area contributed by atoms with Gasteiger partial charge in [-0.25, -0.2) is 0 Å². The van der Waals surface area contributed by atoms with Crippen molar-refractivity contribution in [2.75, 3.05) is 20.3 Å². The molecule has 1 aromatic carbocycles. The third kappa shape index (κ3) is 5.44. The molecule has 0 aliphatic carbocycles. The number of hydrazone groups is 1. The van der Waals surface area contributed by atoms with E-state index in [1.807, 2.05) is 25.1 Å². The number of methoxy groups -OCH3 is 1. The highest BCUT2D eigenvalue weighted by atomic mass is 32.1. The van der Waals surface area contributed by atoms with Crippen LogP contribution in [0.1, 0.15) is 25.8 Å². The first kappa shape index (κ1) is 16.2. The van der Waals surface area contributed by atoms with Crippen molar-refractivity contribution in [2.45, 2.75) is 20.3 Å². The molecule has 0 atom stereocenters. The second-order valence-corrected chi connectivity index (χ2v) is 4.40. The molecule has 0 saturated heterocycles. The lowest BCUT2D eigenvalue weighted by Gasteiger charge is -2.10. The Labute approximate surface area is 125 Å². The molecule has 1 rings (SSSR count). The second-order valence-electron chi connectivity index (χ2n) is 3.99. The predicted molar refractivity (Wildman–Crippen MR) is 85.8 cm³/mol. The molecule has 0 amide bonds. The quantitative estimate of drug-likeness (QED) is 0.459. The van der Waals surface area contributed by atoms with Crippen molar-refractivity contribution in [3.63, 3.8) is 0 Å². The number of thiocarbonyl (C=S) groups is 1. The van der Waals surface area contributed by atoms with E-state index in [2.05, 4.69) is 22.8 Å². The van der Waals surface area contributed by atoms with Crippen LogP contribution in [0.25, 0.3) is 0 Å². The maximum absolute atomic E-state index is 5.59. The molecule has 110 valence electrons. The molecule has 2 N–H and O–H groups in total. The van der Waals surface area contributed by atoms with Gasteiger partial charge in [-0.3, -0.25) is 5.43 Å². The standard InChI is InChI=1S/C14H21N3O2S/c1-4-8-19-12-7-6-11(9-13(12)18-3)10-16-17-14(20)15-5-2/h6-7,9-10H,4-5,8H2,1-3H3,(H2,15,17,20)/b16-10-. The lowest BCUT2D eigenvalue weighted by molar-refractivity contribution is 0.294. The minimum absolute atomic E-state index is 0.499. The maximum Gasteiger partial charge on any atom is 0.186 e. The highest BCUT2D eigenvalue weighted by Gasteiger charge is 2.04. The molecule has 0 spiro atoms. The maximum atomic E-state index is 5.59. The molecule has 0 unspecified atom stereocenters. The van der Waals surface area contributed by atoms with Crippen LogP contribution in [0.4, 0.5) is 0 Å². The van der Waals surface area contributed by atoms with Crippen LogP contribution in [0, 0.1) is 0 Å². The normalized spacial score (nSPS) is 10.3. The number of nitrogens with one attached hydrogen (secondary N) is 2. The fourth-order valence-corrected chi connectivity index (χ4v) is 1.66. The van der Waals surface area contributed by atoms with Crippen LogP contribution in [-0.4, -0.2) is 31.6 Å². The topological polar surface area (TPSA) is 54.9 Å². The van der Waals surface area contributed by atoms with Gasteiger partial charge in [0.25, 0.3) is 0 Å². The fraction of sp³-hybridized carbons (Fsp3) is 0.429. The molecule has 6 heteroatoms. The smallest absolute Gasteiger partial charge is 0.186 e. The largest absolute Gasteiger partial charge is 0.493 e. The Balaban J connectivity index is 2.67. The molecule has 0 heterocycles. The molecular weight excluding hydrogens is 274 g/mol. The highest BCUT2D eigenvalue weighted by Crippen LogP contribution is 2.27. The highest BCUT2D eigenvalue weighted by molar-refractivity contribution is 7.80. The van der Waals surface area contributed by atoms with E-state index in [1.165, 1.54) is 0 Å². The number of benzene rings is 1. The van der Waals surface area contributed by atoms with Crippen molar-refractivity contribution in [3.05, 3.63) is 23.8 Å². The molecule has 0 saturated carbocycles. The minimum Gasteiger partial charge on any atom is -0.493 e. The van der Waals surface area contributed by atoms with Crippen molar-refractivity contribution in [1.82, 2.24) is 10.7 Å². The summed E-state index contributed by atoms with van der Waals surface area (Å²) >= 11 is 5.01. The number of nitrogens with zero attached hydrogens (tertiary/aromatic N) is 1. The molecule has 0 radical (unpaired) electrons. The van der Waals surface area contributed by atoms with Gasteiger partial charge in [0, 0.05) is 6.54 Å². The van der Waals surface area contributed by atoms with Crippen LogP contribution < -0.4 is 20.2 Å². The van der Waals surface area contributed by atoms with Gasteiger partial charge in [-0.2, -0.15) is 5.10 Å². The lowest BCUT2D eigenvalue weighted by atomic mass is 10.2. The third-order valence-corrected chi connectivity index (χ3v) is 2.60. The zero-order valence-corrected chi connectivity index (χ0v) is 12.9. The van der Waals surface area contributed by atoms with E-state index in [0.29, 0.717) is 17.5 Å². The molecule has 0 aliphatic heterocycles. The Morgan fingerprint density at radius 2 is 2.15 bits per heavy atom. The molecule has 20 heavy (non-hydrogen) atoms. The average Bonchev–Trinajstić information content (AvgIpc) is 2.46. The molecule has 0 bridgehead atoms. The van der Waals surface area contributed by atoms with Gasteiger partial charge in [0.05, 0.1) is 19.9 Å². The minimum atomic E-state index is 0.499. The Bertz CT molecular complexity index is 464. The van der Waals surface area contributed by atoms with Crippen molar-refractivity contribution in [2.24, 2.45) is 5.10 Å². The van der Waals surface area contributed by atoms with E-state index in [9.17, 15) is 0 Å². The first-order chi connectivity index (χ1) is 9.71. The second kappa shape index (κ2) is 9.14. The number of hydrogen-bond donors (Lipinski definition) is 2. The molecule has 0 aliphatic rings. The van der Waals surface area contributed by atoms with Crippen LogP contribution in [0.5, 0.6) is 11.5 Å². The van der Waals surface area contributed by atoms with E-state index in [-0.39, 0.29) is 0 Å². The zero-order valence-electron chi connectivity index (χ0n) is 12.1. The Morgan fingerprint density at radius 3 is 2.80 bits per heavy atom. The molecule has 0 fully saturated rings. The van der Waals surface area contributed by atoms with Crippen molar-refractivity contribution < 1.29 is 9.47 Å². The van der Waals surface area contributed by atoms with E-state index < -0.39 is 0 Å². The number of hydrogen-bond acceptors (Lipinski definition) is 4. The summed E-state index contributed by atoms with van der Waals surface area (Å²) in [4.78, 5) is 0. The summed E-state index contributed by atoms with van der Waals surface area (Å²) in [6.07, 6.45) is 2.63. The van der Waals surface area contributed by atoms with Crippen molar-refractivity contribution in [3.8, 4) is 11.5 Å². The van der Waals surface area contributed by atoms with E-state index in [1.54, 1.807) is 13.3 Å². The summed E-state index contributed by atoms with van der Waals surface area (Å²) in [6, 6.07) is 5.65. The average molecular weight is 295 g/mol. The van der Waals surface area contributed by atoms with Gasteiger partial charge in [-0.05, 0) is 49.3 Å². The van der Waals surface area contributed by atoms with Gasteiger partial charge in [0.1, 0.15) is 0 Å². The van der Waals surface area contributed by atoms with Gasteiger partial charge in [0.2, 0.25) is 0 Å². The van der Waals surface area contributed by atoms with Gasteiger partial charge >= 0.3 is 0 Å². The van der Waals surface area contributed by atoms with Gasteiger partial charge in [-0.1, -0.05) is 6.92 Å². The first-order valence-electron chi connectivity index (χ1n) is 6.59. The molecule has 1 aromatic rings. The van der Waals surface area contributed by atoms with Crippen LogP contribution in [0.15, 0.2) is 23.3 Å². The predicted octanol–water partition coefficient (Wildman–Crippen LogP) is 2.30. The Hall–Kier alpha value is -1.82. The molecular formula is C14H21N3O2S. The lowest BCUT2D eigenvalue weighted by Crippen LogP contribution is -2.31. The van der Waals surface area contributed by atoms with E-state index >= 15 is 0 Å². The van der Waals surface area contributed by atoms with Crippen molar-refractivity contribution in [1.29, 1.82) is 0 Å². The van der Waals surface area contributed by atoms with Crippen LogP contribution in [0.3, 0.4) is 0 Å². The van der Waals surface area contributed by atoms with Crippen molar-refractivity contribution >= 4 is 23.5 Å². The number of ether oxygens (including phenoxy) is 2. The summed E-state index contributed by atoms with van der Waals surface area (Å²) in [5, 5.41) is 7.50. The zero-order chi connectivity index (χ0) is 14.8. The van der Waals surface area contributed by atoms with Gasteiger partial charge in [0.15, 0.2) is 16.6 Å². The monoisotopic (exact) mass is 295 g/mol. The molecule has 0 aromatic heterocycles. The summed E-state index contributed by atoms with van der Waals surface area (Å²) in [6.45, 7) is 5.46. The summed E-state index contributed by atoms with van der Waals surface area (Å²) in [7, 11) is 1.62. The van der Waals surface area contributed by atoms with E-state index in [4.69, 9.17) is 21.7 Å². The Kier molecular flexibility index (Phi) is 7.42. The third-order valence-electron chi connectivity index (χ3n) is 2.37. The Morgan fingerprint density at radius 1 is 1.35 bits per heavy atom. The molecule has 5 nitrogen and oxygen atoms in total. The SMILES string of the molecule is CCCOc1ccc(/C=N\NC(=S)NCC)cc1OC. The van der Waals surface area contributed by atoms with Crippen LogP contribution in [0.2, 0.25) is 0 Å². The van der Waals surface area contributed by atoms with Crippen LogP contribution in [-0.2, 0) is 0 Å². The van der Waals surface area contributed by atoms with Crippen LogP contribution >= 0.6 is 12.2 Å².